The number of nitrogens with one attached hydrogen (secondary N) is 4. The number of rotatable bonds is 8. The third kappa shape index (κ3) is 8.16. The SMILES string of the molecule is COc1cc(NC(=O)C2CCCCC2)ccc1C(=O)NNC(=S)NCCCN1CCCCC1. The van der Waals surface area contributed by atoms with E-state index in [0.717, 1.165) is 45.2 Å². The van der Waals surface area contributed by atoms with Gasteiger partial charge >= 0.3 is 0 Å². The van der Waals surface area contributed by atoms with Crippen LogP contribution in [0.5, 0.6) is 5.75 Å². The highest BCUT2D eigenvalue weighted by molar-refractivity contribution is 7.80. The molecule has 0 bridgehead atoms. The van der Waals surface area contributed by atoms with Crippen molar-refractivity contribution in [3.05, 3.63) is 23.8 Å². The number of ether oxygens (including phenoxy) is 1. The zero-order chi connectivity index (χ0) is 23.5. The van der Waals surface area contributed by atoms with Crippen LogP contribution in [0.4, 0.5) is 5.69 Å². The zero-order valence-electron chi connectivity index (χ0n) is 19.6. The highest BCUT2D eigenvalue weighted by atomic mass is 32.1. The summed E-state index contributed by atoms with van der Waals surface area (Å²) in [6, 6.07) is 5.03. The molecule has 1 saturated heterocycles. The molecule has 0 unspecified atom stereocenters. The Balaban J connectivity index is 1.41. The van der Waals surface area contributed by atoms with Crippen LogP contribution in [-0.4, -0.2) is 55.1 Å². The molecule has 1 heterocycles. The maximum Gasteiger partial charge on any atom is 0.273 e. The van der Waals surface area contributed by atoms with Gasteiger partial charge in [-0.05, 0) is 76.1 Å². The molecular weight excluding hydrogens is 438 g/mol. The lowest BCUT2D eigenvalue weighted by Gasteiger charge is -2.26. The van der Waals surface area contributed by atoms with Crippen LogP contribution in [0.1, 0.15) is 68.1 Å². The van der Waals surface area contributed by atoms with E-state index in [9.17, 15) is 9.59 Å². The van der Waals surface area contributed by atoms with Gasteiger partial charge in [0, 0.05) is 24.2 Å². The van der Waals surface area contributed by atoms with E-state index in [1.807, 2.05) is 0 Å². The normalized spacial score (nSPS) is 17.1. The summed E-state index contributed by atoms with van der Waals surface area (Å²) in [7, 11) is 1.50. The molecule has 0 spiro atoms. The molecule has 1 saturated carbocycles. The molecule has 33 heavy (non-hydrogen) atoms. The molecule has 3 rings (SSSR count). The first-order chi connectivity index (χ1) is 16.1. The van der Waals surface area contributed by atoms with Crippen LogP contribution in [0.25, 0.3) is 0 Å². The predicted octanol–water partition coefficient (Wildman–Crippen LogP) is 3.20. The molecule has 8 nitrogen and oxygen atoms in total. The second kappa shape index (κ2) is 13.3. The topological polar surface area (TPSA) is 94.7 Å². The minimum Gasteiger partial charge on any atom is -0.496 e. The van der Waals surface area contributed by atoms with Crippen molar-refractivity contribution in [2.24, 2.45) is 5.92 Å². The van der Waals surface area contributed by atoms with Crippen molar-refractivity contribution in [1.29, 1.82) is 0 Å². The predicted molar refractivity (Wildman–Crippen MR) is 134 cm³/mol. The Kier molecular flexibility index (Phi) is 10.2. The fourth-order valence-corrected chi connectivity index (χ4v) is 4.63. The van der Waals surface area contributed by atoms with Crippen LogP contribution in [-0.2, 0) is 4.79 Å². The average Bonchev–Trinajstić information content (AvgIpc) is 2.86. The number of hydrogen-bond acceptors (Lipinski definition) is 5. The summed E-state index contributed by atoms with van der Waals surface area (Å²) in [5.74, 6) is 0.114. The lowest BCUT2D eigenvalue weighted by molar-refractivity contribution is -0.120. The van der Waals surface area contributed by atoms with Gasteiger partial charge in [-0.25, -0.2) is 0 Å². The zero-order valence-corrected chi connectivity index (χ0v) is 20.4. The Bertz CT molecular complexity index is 807. The molecule has 1 aliphatic heterocycles. The summed E-state index contributed by atoms with van der Waals surface area (Å²) in [6.07, 6.45) is 10.2. The lowest BCUT2D eigenvalue weighted by atomic mass is 9.88. The number of hydrogen-bond donors (Lipinski definition) is 4. The smallest absolute Gasteiger partial charge is 0.273 e. The van der Waals surface area contributed by atoms with Crippen molar-refractivity contribution in [2.45, 2.75) is 57.8 Å². The Hall–Kier alpha value is -2.39. The van der Waals surface area contributed by atoms with Gasteiger partial charge in [-0.15, -0.1) is 0 Å². The number of anilines is 1. The number of carbonyl (C=O) groups excluding carboxylic acids is 2. The first-order valence-corrected chi connectivity index (χ1v) is 12.5. The minimum absolute atomic E-state index is 0.0346. The maximum absolute atomic E-state index is 12.6. The van der Waals surface area contributed by atoms with E-state index in [1.54, 1.807) is 18.2 Å². The Morgan fingerprint density at radius 1 is 1.06 bits per heavy atom. The van der Waals surface area contributed by atoms with Crippen molar-refractivity contribution in [1.82, 2.24) is 21.1 Å². The summed E-state index contributed by atoms with van der Waals surface area (Å²) in [5, 5.41) is 6.45. The molecule has 1 aromatic rings. The van der Waals surface area contributed by atoms with Gasteiger partial charge < -0.3 is 20.3 Å². The van der Waals surface area contributed by atoms with Crippen molar-refractivity contribution >= 4 is 34.8 Å². The van der Waals surface area contributed by atoms with Gasteiger partial charge in [0.05, 0.1) is 12.7 Å². The molecule has 182 valence electrons. The second-order valence-corrected chi connectivity index (χ2v) is 9.24. The molecule has 2 amide bonds. The van der Waals surface area contributed by atoms with E-state index in [2.05, 4.69) is 26.4 Å². The van der Waals surface area contributed by atoms with Crippen molar-refractivity contribution in [2.75, 3.05) is 38.6 Å². The molecule has 0 radical (unpaired) electrons. The Morgan fingerprint density at radius 2 is 1.79 bits per heavy atom. The van der Waals surface area contributed by atoms with Crippen LogP contribution in [0.2, 0.25) is 0 Å². The van der Waals surface area contributed by atoms with E-state index in [-0.39, 0.29) is 17.7 Å². The van der Waals surface area contributed by atoms with E-state index in [4.69, 9.17) is 17.0 Å². The summed E-state index contributed by atoms with van der Waals surface area (Å²) in [5.41, 5.74) is 6.33. The number of carbonyl (C=O) groups is 2. The monoisotopic (exact) mass is 475 g/mol. The quantitative estimate of drug-likeness (QED) is 0.261. The first kappa shape index (κ1) is 25.2. The molecule has 2 aliphatic rings. The summed E-state index contributed by atoms with van der Waals surface area (Å²) >= 11 is 5.25. The summed E-state index contributed by atoms with van der Waals surface area (Å²) in [4.78, 5) is 27.6. The van der Waals surface area contributed by atoms with E-state index >= 15 is 0 Å². The van der Waals surface area contributed by atoms with Crippen molar-refractivity contribution in [3.8, 4) is 5.75 Å². The van der Waals surface area contributed by atoms with E-state index in [1.165, 1.54) is 45.9 Å². The maximum atomic E-state index is 12.6. The van der Waals surface area contributed by atoms with Crippen LogP contribution in [0, 0.1) is 5.92 Å². The largest absolute Gasteiger partial charge is 0.496 e. The summed E-state index contributed by atoms with van der Waals surface area (Å²) in [6.45, 7) is 4.17. The number of hydrazine groups is 1. The van der Waals surface area contributed by atoms with Gasteiger partial charge in [-0.1, -0.05) is 25.7 Å². The van der Waals surface area contributed by atoms with Crippen LogP contribution in [0.15, 0.2) is 18.2 Å². The highest BCUT2D eigenvalue weighted by Gasteiger charge is 2.22. The molecule has 0 aromatic heterocycles. The molecule has 0 atom stereocenters. The van der Waals surface area contributed by atoms with Gasteiger partial charge in [0.15, 0.2) is 5.11 Å². The summed E-state index contributed by atoms with van der Waals surface area (Å²) < 4.78 is 5.39. The third-order valence-electron chi connectivity index (χ3n) is 6.36. The molecule has 2 fully saturated rings. The van der Waals surface area contributed by atoms with Gasteiger partial charge in [-0.2, -0.15) is 0 Å². The highest BCUT2D eigenvalue weighted by Crippen LogP contribution is 2.27. The number of nitrogens with zero attached hydrogens (tertiary/aromatic N) is 1. The van der Waals surface area contributed by atoms with Crippen LogP contribution in [0.3, 0.4) is 0 Å². The molecule has 1 aromatic carbocycles. The Labute approximate surface area is 202 Å². The van der Waals surface area contributed by atoms with Crippen LogP contribution >= 0.6 is 12.2 Å². The molecule has 1 aliphatic carbocycles. The lowest BCUT2D eigenvalue weighted by Crippen LogP contribution is -2.47. The third-order valence-corrected chi connectivity index (χ3v) is 6.61. The van der Waals surface area contributed by atoms with Gasteiger partial charge in [-0.3, -0.25) is 20.4 Å². The van der Waals surface area contributed by atoms with Gasteiger partial charge in [0.25, 0.3) is 5.91 Å². The average molecular weight is 476 g/mol. The second-order valence-electron chi connectivity index (χ2n) is 8.83. The first-order valence-electron chi connectivity index (χ1n) is 12.1. The van der Waals surface area contributed by atoms with Crippen molar-refractivity contribution < 1.29 is 14.3 Å². The van der Waals surface area contributed by atoms with Crippen LogP contribution < -0.4 is 26.2 Å². The number of thiocarbonyl (C=S) groups is 1. The number of methoxy groups -OCH3 is 1. The molecule has 9 heteroatoms. The standard InChI is InChI=1S/C24H37N5O3S/c1-32-21-17-19(26-22(30)18-9-4-2-5-10-18)11-12-20(21)23(31)27-28-24(33)25-13-8-16-29-14-6-3-7-15-29/h11-12,17-18H,2-10,13-16H2,1H3,(H,26,30)(H,27,31)(H2,25,28,33). The molecule has 4 N–H and O–H groups in total. The van der Waals surface area contributed by atoms with Gasteiger partial charge in [0.2, 0.25) is 5.91 Å². The minimum atomic E-state index is -0.366. The van der Waals surface area contributed by atoms with Crippen molar-refractivity contribution in [3.63, 3.8) is 0 Å². The van der Waals surface area contributed by atoms with Gasteiger partial charge in [0.1, 0.15) is 5.75 Å². The fraction of sp³-hybridized carbons (Fsp3) is 0.625. The van der Waals surface area contributed by atoms with E-state index in [0.29, 0.717) is 22.1 Å². The van der Waals surface area contributed by atoms with E-state index < -0.39 is 0 Å². The molecular formula is C24H37N5O3S. The Morgan fingerprint density at radius 3 is 2.52 bits per heavy atom. The number of amides is 2. The fourth-order valence-electron chi connectivity index (χ4n) is 4.48. The number of piperidine rings is 1. The number of benzene rings is 1. The number of likely N-dealkylation sites (tertiary alicyclic amines) is 1.